The highest BCUT2D eigenvalue weighted by Gasteiger charge is 2.28. The molecule has 0 aromatic heterocycles. The van der Waals surface area contributed by atoms with Gasteiger partial charge in [-0.15, -0.1) is 0 Å². The molecule has 5 nitrogen and oxygen atoms in total. The molecule has 130 valence electrons. The normalized spacial score (nSPS) is 14.8. The van der Waals surface area contributed by atoms with Crippen LogP contribution < -0.4 is 5.14 Å². The van der Waals surface area contributed by atoms with Gasteiger partial charge in [0.2, 0.25) is 10.0 Å². The zero-order valence-electron chi connectivity index (χ0n) is 13.7. The van der Waals surface area contributed by atoms with Crippen molar-refractivity contribution in [1.82, 2.24) is 0 Å². The number of rotatable bonds is 3. The van der Waals surface area contributed by atoms with E-state index in [0.29, 0.717) is 22.3 Å². The van der Waals surface area contributed by atoms with E-state index in [4.69, 9.17) is 9.88 Å². The summed E-state index contributed by atoms with van der Waals surface area (Å²) >= 11 is 0. The maximum atomic E-state index is 14.1. The number of primary sulfonamides is 1. The maximum Gasteiger partial charge on any atom is 0.339 e. The van der Waals surface area contributed by atoms with Crippen LogP contribution in [-0.2, 0) is 19.6 Å². The Morgan fingerprint density at radius 2 is 1.72 bits per heavy atom. The lowest BCUT2D eigenvalue weighted by atomic mass is 9.94. The third-order valence-electron chi connectivity index (χ3n) is 4.24. The third-order valence-corrected chi connectivity index (χ3v) is 5.18. The summed E-state index contributed by atoms with van der Waals surface area (Å²) in [6.07, 6.45) is 0. The van der Waals surface area contributed by atoms with E-state index in [2.05, 4.69) is 0 Å². The van der Waals surface area contributed by atoms with Crippen molar-refractivity contribution in [3.8, 4) is 0 Å². The summed E-state index contributed by atoms with van der Waals surface area (Å²) in [6.45, 7) is 3.89. The van der Waals surface area contributed by atoms with Gasteiger partial charge >= 0.3 is 5.97 Å². The molecule has 0 saturated carbocycles. The molecule has 2 N–H and O–H groups in total. The summed E-state index contributed by atoms with van der Waals surface area (Å²) in [5.74, 6) is -1.46. The Labute approximate surface area is 145 Å². The summed E-state index contributed by atoms with van der Waals surface area (Å²) in [6, 6.07) is 9.13. The Morgan fingerprint density at radius 1 is 1.04 bits per heavy atom. The first-order valence-corrected chi connectivity index (χ1v) is 9.04. The Balaban J connectivity index is 2.16. The van der Waals surface area contributed by atoms with Gasteiger partial charge in [-0.1, -0.05) is 24.3 Å². The largest absolute Gasteiger partial charge is 0.457 e. The molecule has 2 aromatic carbocycles. The number of carbonyl (C=O) groups is 1. The number of carbonyl (C=O) groups excluding carboxylic acids is 1. The fourth-order valence-corrected chi connectivity index (χ4v) is 3.33. The molecular weight excluding hydrogens is 345 g/mol. The molecule has 0 bridgehead atoms. The van der Waals surface area contributed by atoms with Gasteiger partial charge in [-0.05, 0) is 48.2 Å². The predicted octanol–water partition coefficient (Wildman–Crippen LogP) is 2.56. The molecule has 1 heterocycles. The summed E-state index contributed by atoms with van der Waals surface area (Å²) in [5.41, 5.74) is 4.01. The van der Waals surface area contributed by atoms with Gasteiger partial charge in [0.05, 0.1) is 5.57 Å². The van der Waals surface area contributed by atoms with Gasteiger partial charge in [-0.25, -0.2) is 22.7 Å². The van der Waals surface area contributed by atoms with E-state index in [9.17, 15) is 17.6 Å². The van der Waals surface area contributed by atoms with E-state index >= 15 is 0 Å². The standard InChI is InChI=1S/C18H16FNO4S/c1-10-3-4-13(7-11(10)2)17-14(9-24-18(17)21)12-5-6-16(15(19)8-12)25(20,22)23/h3-8H,9H2,1-2H3,(H2,20,22,23). The molecule has 1 aliphatic rings. The maximum absolute atomic E-state index is 14.1. The molecule has 1 aliphatic heterocycles. The lowest BCUT2D eigenvalue weighted by Gasteiger charge is -2.08. The minimum absolute atomic E-state index is 0.00471. The molecule has 0 unspecified atom stereocenters. The van der Waals surface area contributed by atoms with Crippen LogP contribution >= 0.6 is 0 Å². The fourth-order valence-electron chi connectivity index (χ4n) is 2.74. The summed E-state index contributed by atoms with van der Waals surface area (Å²) in [5, 5.41) is 4.97. The first-order valence-electron chi connectivity index (χ1n) is 7.49. The lowest BCUT2D eigenvalue weighted by Crippen LogP contribution is -2.14. The number of ether oxygens (including phenoxy) is 1. The van der Waals surface area contributed by atoms with Crippen molar-refractivity contribution in [1.29, 1.82) is 0 Å². The molecule has 0 radical (unpaired) electrons. The highest BCUT2D eigenvalue weighted by atomic mass is 32.2. The quantitative estimate of drug-likeness (QED) is 0.851. The van der Waals surface area contributed by atoms with Gasteiger partial charge in [0.25, 0.3) is 0 Å². The number of nitrogens with two attached hydrogens (primary N) is 1. The van der Waals surface area contributed by atoms with E-state index in [1.807, 2.05) is 26.0 Å². The topological polar surface area (TPSA) is 86.5 Å². The highest BCUT2D eigenvalue weighted by molar-refractivity contribution is 7.89. The number of hydrogen-bond acceptors (Lipinski definition) is 4. The van der Waals surface area contributed by atoms with E-state index in [1.165, 1.54) is 6.07 Å². The van der Waals surface area contributed by atoms with Crippen LogP contribution in [0.1, 0.15) is 22.3 Å². The second-order valence-electron chi connectivity index (χ2n) is 5.92. The lowest BCUT2D eigenvalue weighted by molar-refractivity contribution is -0.133. The number of halogens is 1. The highest BCUT2D eigenvalue weighted by Crippen LogP contribution is 2.34. The molecular formula is C18H16FNO4S. The van der Waals surface area contributed by atoms with Gasteiger partial charge in [0.15, 0.2) is 0 Å². The van der Waals surface area contributed by atoms with Crippen molar-refractivity contribution in [3.63, 3.8) is 0 Å². The molecule has 0 spiro atoms. The van der Waals surface area contributed by atoms with Crippen LogP contribution in [0.15, 0.2) is 41.3 Å². The number of benzene rings is 2. The average molecular weight is 361 g/mol. The molecule has 0 saturated heterocycles. The van der Waals surface area contributed by atoms with Gasteiger partial charge in [0, 0.05) is 5.57 Å². The summed E-state index contributed by atoms with van der Waals surface area (Å²) < 4.78 is 41.9. The van der Waals surface area contributed by atoms with E-state index in [0.717, 1.165) is 23.3 Å². The van der Waals surface area contributed by atoms with E-state index in [-0.39, 0.29) is 6.61 Å². The fraction of sp³-hybridized carbons (Fsp3) is 0.167. The minimum Gasteiger partial charge on any atom is -0.457 e. The molecule has 0 atom stereocenters. The molecule has 7 heteroatoms. The molecule has 25 heavy (non-hydrogen) atoms. The van der Waals surface area contributed by atoms with Crippen molar-refractivity contribution in [2.45, 2.75) is 18.7 Å². The number of esters is 1. The van der Waals surface area contributed by atoms with Crippen LogP contribution in [0.3, 0.4) is 0 Å². The average Bonchev–Trinajstić information content (AvgIpc) is 2.90. The molecule has 2 aromatic rings. The second kappa shape index (κ2) is 6.09. The number of sulfonamides is 1. The van der Waals surface area contributed by atoms with Crippen LogP contribution in [0.4, 0.5) is 4.39 Å². The Hall–Kier alpha value is -2.51. The summed E-state index contributed by atoms with van der Waals surface area (Å²) in [7, 11) is -4.15. The first-order chi connectivity index (χ1) is 11.7. The Kier molecular flexibility index (Phi) is 4.22. The van der Waals surface area contributed by atoms with E-state index < -0.39 is 26.7 Å². The van der Waals surface area contributed by atoms with Gasteiger partial charge in [-0.2, -0.15) is 0 Å². The molecule has 0 amide bonds. The van der Waals surface area contributed by atoms with Gasteiger partial charge in [0.1, 0.15) is 17.3 Å². The molecule has 0 fully saturated rings. The zero-order valence-corrected chi connectivity index (χ0v) is 14.5. The van der Waals surface area contributed by atoms with Gasteiger partial charge in [-0.3, -0.25) is 0 Å². The predicted molar refractivity (Wildman–Crippen MR) is 91.5 cm³/mol. The van der Waals surface area contributed by atoms with Crippen molar-refractivity contribution in [2.24, 2.45) is 5.14 Å². The molecule has 3 rings (SSSR count). The SMILES string of the molecule is Cc1ccc(C2=C(c3ccc(S(N)(=O)=O)c(F)c3)COC2=O)cc1C. The van der Waals surface area contributed by atoms with E-state index in [1.54, 1.807) is 6.07 Å². The van der Waals surface area contributed by atoms with Crippen LogP contribution in [-0.4, -0.2) is 21.0 Å². The monoisotopic (exact) mass is 361 g/mol. The van der Waals surface area contributed by atoms with Crippen molar-refractivity contribution >= 4 is 27.1 Å². The van der Waals surface area contributed by atoms with Crippen LogP contribution in [0.25, 0.3) is 11.1 Å². The Bertz CT molecular complexity index is 1030. The number of aryl methyl sites for hydroxylation is 2. The number of cyclic esters (lactones) is 1. The first kappa shape index (κ1) is 17.3. The van der Waals surface area contributed by atoms with Crippen molar-refractivity contribution < 1.29 is 22.3 Å². The van der Waals surface area contributed by atoms with Crippen LogP contribution in [0.5, 0.6) is 0 Å². The second-order valence-corrected chi connectivity index (χ2v) is 7.45. The third kappa shape index (κ3) is 3.20. The minimum atomic E-state index is -4.15. The summed E-state index contributed by atoms with van der Waals surface area (Å²) in [4.78, 5) is 11.6. The van der Waals surface area contributed by atoms with Crippen LogP contribution in [0, 0.1) is 19.7 Å². The van der Waals surface area contributed by atoms with Crippen LogP contribution in [0.2, 0.25) is 0 Å². The van der Waals surface area contributed by atoms with Crippen molar-refractivity contribution in [3.05, 3.63) is 64.5 Å². The smallest absolute Gasteiger partial charge is 0.339 e. The van der Waals surface area contributed by atoms with Crippen molar-refractivity contribution in [2.75, 3.05) is 6.61 Å². The zero-order chi connectivity index (χ0) is 18.4. The number of hydrogen-bond donors (Lipinski definition) is 1. The molecule has 0 aliphatic carbocycles. The van der Waals surface area contributed by atoms with Gasteiger partial charge < -0.3 is 4.74 Å². The Morgan fingerprint density at radius 3 is 2.32 bits per heavy atom.